The molecule has 5 heteroatoms. The van der Waals surface area contributed by atoms with Gasteiger partial charge in [-0.15, -0.1) is 0 Å². The summed E-state index contributed by atoms with van der Waals surface area (Å²) in [4.78, 5) is 8.14. The van der Waals surface area contributed by atoms with Crippen molar-refractivity contribution in [2.75, 3.05) is 4.90 Å². The first-order chi connectivity index (χ1) is 21.1. The molecule has 0 fully saturated rings. The lowest BCUT2D eigenvalue weighted by atomic mass is 10.1. The van der Waals surface area contributed by atoms with Crippen LogP contribution in [-0.4, -0.2) is 16.1 Å². The van der Waals surface area contributed by atoms with Crippen molar-refractivity contribution in [2.24, 2.45) is 0 Å². The molecule has 0 bridgehead atoms. The highest BCUT2D eigenvalue weighted by Gasteiger charge is 2.52. The van der Waals surface area contributed by atoms with E-state index < -0.39 is 16.1 Å². The highest BCUT2D eigenvalue weighted by atomic mass is 32.2. The molecule has 0 amide bonds. The molecule has 3 aliphatic rings. The first-order valence-electron chi connectivity index (χ1n) is 14.9. The lowest BCUT2D eigenvalue weighted by Gasteiger charge is -2.45. The molecule has 0 radical (unpaired) electrons. The van der Waals surface area contributed by atoms with Crippen LogP contribution >= 0.6 is 23.5 Å². The molecule has 3 heterocycles. The number of hydrogen-bond acceptors (Lipinski definition) is 3. The molecule has 0 atom stereocenters. The molecule has 6 aromatic rings. The first-order valence-corrected chi connectivity index (χ1v) is 21.5. The van der Waals surface area contributed by atoms with Crippen molar-refractivity contribution in [1.82, 2.24) is 0 Å². The van der Waals surface area contributed by atoms with Crippen molar-refractivity contribution in [3.63, 3.8) is 0 Å². The summed E-state index contributed by atoms with van der Waals surface area (Å²) in [5.41, 5.74) is 3.92. The molecule has 1 nitrogen and oxygen atoms in total. The van der Waals surface area contributed by atoms with Crippen molar-refractivity contribution in [3.05, 3.63) is 140 Å². The second-order valence-corrected chi connectivity index (χ2v) is 22.3. The van der Waals surface area contributed by atoms with Gasteiger partial charge in [0.05, 0.1) is 0 Å². The zero-order valence-electron chi connectivity index (χ0n) is 24.0. The fourth-order valence-electron chi connectivity index (χ4n) is 7.71. The highest BCUT2D eigenvalue weighted by molar-refractivity contribution is 8.01. The monoisotopic (exact) mass is 619 g/mol. The van der Waals surface area contributed by atoms with Gasteiger partial charge in [-0.3, -0.25) is 0 Å². The average Bonchev–Trinajstić information content (AvgIpc) is 3.05. The van der Waals surface area contributed by atoms with Gasteiger partial charge in [-0.05, 0) is 67.5 Å². The number of nitrogens with zero attached hydrogens (tertiary/aromatic N) is 1. The van der Waals surface area contributed by atoms with Crippen LogP contribution in [0, 0.1) is 0 Å². The third-order valence-corrected chi connectivity index (χ3v) is 21.0. The van der Waals surface area contributed by atoms with Gasteiger partial charge >= 0.3 is 0 Å². The number of anilines is 3. The van der Waals surface area contributed by atoms with Gasteiger partial charge in [-0.1, -0.05) is 140 Å². The van der Waals surface area contributed by atoms with E-state index in [1.54, 1.807) is 5.19 Å². The van der Waals surface area contributed by atoms with Gasteiger partial charge in [0.1, 0.15) is 8.07 Å². The summed E-state index contributed by atoms with van der Waals surface area (Å²) < 4.78 is 0. The van der Waals surface area contributed by atoms with Gasteiger partial charge in [0.25, 0.3) is 0 Å². The zero-order chi connectivity index (χ0) is 28.8. The van der Waals surface area contributed by atoms with Gasteiger partial charge in [0.15, 0.2) is 8.07 Å². The molecule has 0 saturated carbocycles. The lowest BCUT2D eigenvalue weighted by molar-refractivity contribution is 1.23. The summed E-state index contributed by atoms with van der Waals surface area (Å²) >= 11 is 3.92. The Balaban J connectivity index is 1.37. The van der Waals surface area contributed by atoms with Crippen LogP contribution in [0.4, 0.5) is 17.1 Å². The van der Waals surface area contributed by atoms with Crippen LogP contribution in [0.1, 0.15) is 0 Å². The minimum atomic E-state index is -2.54. The van der Waals surface area contributed by atoms with Crippen molar-refractivity contribution >= 4 is 87.9 Å². The van der Waals surface area contributed by atoms with Crippen molar-refractivity contribution < 1.29 is 0 Å². The molecular formula is C38H29NS2Si2. The van der Waals surface area contributed by atoms with E-state index in [4.69, 9.17) is 0 Å². The standard InChI is InChI=1S/C38H29NS2Si2/c1-42(2)34-20-10-6-16-28(34)39(29-17-7-11-21-35(29)42)26-24-32-38-33(25-26)41-31-19-9-13-23-37(31)43(38,27-14-4-3-5-15-27)36-22-12-8-18-30(36)40-32/h3-25H,1-2H3. The predicted molar refractivity (Wildman–Crippen MR) is 190 cm³/mol. The quantitative estimate of drug-likeness (QED) is 0.201. The van der Waals surface area contributed by atoms with Gasteiger partial charge in [-0.2, -0.15) is 0 Å². The Kier molecular flexibility index (Phi) is 5.61. The maximum Gasteiger partial charge on any atom is 0.184 e. The Labute approximate surface area is 263 Å². The molecule has 206 valence electrons. The zero-order valence-corrected chi connectivity index (χ0v) is 27.7. The third-order valence-electron chi connectivity index (χ3n) is 9.55. The van der Waals surface area contributed by atoms with E-state index in [-0.39, 0.29) is 0 Å². The van der Waals surface area contributed by atoms with Crippen LogP contribution in [0.5, 0.6) is 0 Å². The van der Waals surface area contributed by atoms with Crippen LogP contribution in [0.25, 0.3) is 0 Å². The smallest absolute Gasteiger partial charge is 0.184 e. The van der Waals surface area contributed by atoms with Crippen LogP contribution in [0.2, 0.25) is 13.1 Å². The molecule has 9 rings (SSSR count). The molecule has 3 aliphatic heterocycles. The Bertz CT molecular complexity index is 1970. The summed E-state index contributed by atoms with van der Waals surface area (Å²) in [5.74, 6) is 0. The van der Waals surface area contributed by atoms with Crippen LogP contribution in [-0.2, 0) is 0 Å². The number of benzene rings is 6. The van der Waals surface area contributed by atoms with Gasteiger partial charge in [-0.25, -0.2) is 0 Å². The van der Waals surface area contributed by atoms with Crippen molar-refractivity contribution in [2.45, 2.75) is 32.7 Å². The molecule has 0 spiro atoms. The minimum absolute atomic E-state index is 1.26. The topological polar surface area (TPSA) is 3.24 Å². The largest absolute Gasteiger partial charge is 0.311 e. The van der Waals surface area contributed by atoms with Gasteiger partial charge < -0.3 is 4.90 Å². The molecule has 0 aliphatic carbocycles. The molecule has 6 aromatic carbocycles. The first kappa shape index (κ1) is 25.7. The average molecular weight is 620 g/mol. The number of fused-ring (bicyclic) bond motifs is 6. The van der Waals surface area contributed by atoms with E-state index in [0.717, 1.165) is 0 Å². The SMILES string of the molecule is C[Si]1(C)c2ccccc2N(c2cc3c4c(c2)Sc2ccccc2[Si]4(c2ccccc2)c2ccccc2S3)c2ccccc21. The van der Waals surface area contributed by atoms with Crippen molar-refractivity contribution in [1.29, 1.82) is 0 Å². The molecule has 0 saturated heterocycles. The third kappa shape index (κ3) is 3.48. The second-order valence-electron chi connectivity index (χ2n) is 12.1. The fourth-order valence-corrected chi connectivity index (χ4v) is 20.0. The summed E-state index contributed by atoms with van der Waals surface area (Å²) in [7, 11) is -4.40. The second kappa shape index (κ2) is 9.37. The summed E-state index contributed by atoms with van der Waals surface area (Å²) in [6, 6.07) is 53.1. The molecular weight excluding hydrogens is 591 g/mol. The van der Waals surface area contributed by atoms with Gasteiger partial charge in [0, 0.05) is 36.6 Å². The van der Waals surface area contributed by atoms with E-state index >= 15 is 0 Å². The maximum atomic E-state index is 2.55. The Hall–Kier alpha value is -3.75. The Morgan fingerprint density at radius 3 is 1.44 bits per heavy atom. The highest BCUT2D eigenvalue weighted by Crippen LogP contribution is 2.46. The normalized spacial score (nSPS) is 16.3. The summed E-state index contributed by atoms with van der Waals surface area (Å²) in [6.45, 7) is 5.00. The lowest BCUT2D eigenvalue weighted by Crippen LogP contribution is -2.78. The Morgan fingerprint density at radius 2 is 0.907 bits per heavy atom. The van der Waals surface area contributed by atoms with Crippen LogP contribution in [0.3, 0.4) is 0 Å². The maximum absolute atomic E-state index is 2.55. The van der Waals surface area contributed by atoms with Crippen molar-refractivity contribution in [3.8, 4) is 0 Å². The van der Waals surface area contributed by atoms with Crippen LogP contribution < -0.4 is 36.0 Å². The Morgan fingerprint density at radius 1 is 0.465 bits per heavy atom. The molecule has 0 aromatic heterocycles. The van der Waals surface area contributed by atoms with Crippen LogP contribution in [0.15, 0.2) is 159 Å². The predicted octanol–water partition coefficient (Wildman–Crippen LogP) is 6.60. The summed E-state index contributed by atoms with van der Waals surface area (Å²) in [6.07, 6.45) is 0. The van der Waals surface area contributed by atoms with Gasteiger partial charge in [0.2, 0.25) is 0 Å². The molecule has 43 heavy (non-hydrogen) atoms. The molecule has 0 unspecified atom stereocenters. The number of rotatable bonds is 2. The number of hydrogen-bond donors (Lipinski definition) is 0. The van der Waals surface area contributed by atoms with E-state index in [2.05, 4.69) is 158 Å². The number of para-hydroxylation sites is 2. The van der Waals surface area contributed by atoms with E-state index in [1.165, 1.54) is 62.6 Å². The minimum Gasteiger partial charge on any atom is -0.311 e. The molecule has 0 N–H and O–H groups in total. The van der Waals surface area contributed by atoms with E-state index in [1.807, 2.05) is 23.5 Å². The summed E-state index contributed by atoms with van der Waals surface area (Å²) in [5, 5.41) is 9.06. The van der Waals surface area contributed by atoms with E-state index in [0.29, 0.717) is 0 Å². The fraction of sp³-hybridized carbons (Fsp3) is 0.0526. The van der Waals surface area contributed by atoms with E-state index in [9.17, 15) is 0 Å².